The molecule has 0 amide bonds. The number of nitrogens with two attached hydrogens (primary N) is 2. The van der Waals surface area contributed by atoms with Crippen LogP contribution < -0.4 is 27.4 Å². The average Bonchev–Trinajstić information content (AvgIpc) is 3.13. The summed E-state index contributed by atoms with van der Waals surface area (Å²) < 4.78 is 22.9. The number of guanidine groups is 2. The molecular formula is C21H41BaN7O12. The van der Waals surface area contributed by atoms with Gasteiger partial charge in [-0.15, -0.1) is 0 Å². The molecule has 234 valence electrons. The molecule has 2 saturated heterocycles. The number of rotatable bonds is 9. The van der Waals surface area contributed by atoms with Crippen LogP contribution in [0.4, 0.5) is 0 Å². The van der Waals surface area contributed by atoms with Gasteiger partial charge in [0, 0.05) is 0 Å². The van der Waals surface area contributed by atoms with Gasteiger partial charge < -0.3 is 82.1 Å². The summed E-state index contributed by atoms with van der Waals surface area (Å²) in [7, 11) is 1.41. The second-order valence-electron chi connectivity index (χ2n) is 9.97. The van der Waals surface area contributed by atoms with E-state index in [0.717, 1.165) is 0 Å². The number of aldehydes is 1. The van der Waals surface area contributed by atoms with Gasteiger partial charge in [0.2, 0.25) is 0 Å². The van der Waals surface area contributed by atoms with E-state index in [1.54, 1.807) is 0 Å². The summed E-state index contributed by atoms with van der Waals surface area (Å²) in [6.07, 6.45) is -17.3. The van der Waals surface area contributed by atoms with Crippen molar-refractivity contribution in [3.63, 3.8) is 0 Å². The van der Waals surface area contributed by atoms with Crippen molar-refractivity contribution in [2.75, 3.05) is 13.7 Å². The van der Waals surface area contributed by atoms with Crippen LogP contribution in [0.3, 0.4) is 0 Å². The Morgan fingerprint density at radius 1 is 0.902 bits per heavy atom. The molecule has 0 spiro atoms. The summed E-state index contributed by atoms with van der Waals surface area (Å²) in [5.74, 6) is -1.29. The van der Waals surface area contributed by atoms with Crippen molar-refractivity contribution in [2.45, 2.75) is 98.2 Å². The van der Waals surface area contributed by atoms with Gasteiger partial charge in [0.05, 0.1) is 36.9 Å². The molecule has 0 aromatic heterocycles. The Balaban J connectivity index is 0.00000588. The van der Waals surface area contributed by atoms with Gasteiger partial charge in [0.1, 0.15) is 42.7 Å². The standard InChI is InChI=1S/C21H39N7O12.Ba.2H/c1-5-21(36,4-30)16(40-17-9(26-2)13(34)10(31)6(3-29)38-17)18(37-5)39-15-8(28-20(24)25)11(32)7(27-19(22)23)12(33)14(15)35;;;/h4-18,26,29,31-36H,3H2,1-2H3,(H4,22,23,27)(H4,24,25,28);;;/t5-,6-,7+,8-,9-,10-,11+,12-,13-,14+,15+,16-,17-,18-,21+;;;/m0.../s1. The van der Waals surface area contributed by atoms with Crippen LogP contribution in [0.1, 0.15) is 6.92 Å². The number of ether oxygens (including phenoxy) is 4. The molecule has 3 fully saturated rings. The molecule has 0 bridgehead atoms. The van der Waals surface area contributed by atoms with Crippen molar-refractivity contribution >= 4 is 67.1 Å². The molecule has 41 heavy (non-hydrogen) atoms. The molecule has 2 heterocycles. The average molecular weight is 721 g/mol. The number of carbonyl (C=O) groups excluding carboxylic acids is 1. The number of hydrogen-bond donors (Lipinski definition) is 14. The fourth-order valence-electron chi connectivity index (χ4n) is 5.18. The van der Waals surface area contributed by atoms with Gasteiger partial charge >= 0.3 is 48.9 Å². The van der Waals surface area contributed by atoms with Crippen molar-refractivity contribution in [3.05, 3.63) is 0 Å². The molecule has 0 aromatic carbocycles. The normalized spacial score (nSPS) is 46.3. The third kappa shape index (κ3) is 7.34. The Hall–Kier alpha value is -0.699. The molecule has 1 aliphatic carbocycles. The maximum atomic E-state index is 12.1. The third-order valence-corrected chi connectivity index (χ3v) is 7.46. The van der Waals surface area contributed by atoms with E-state index >= 15 is 0 Å². The molecule has 16 N–H and O–H groups in total. The zero-order valence-corrected chi connectivity index (χ0v) is 21.7. The van der Waals surface area contributed by atoms with E-state index in [4.69, 9.17) is 41.2 Å². The monoisotopic (exact) mass is 721 g/mol. The summed E-state index contributed by atoms with van der Waals surface area (Å²) in [4.78, 5) is 12.1. The first-order chi connectivity index (χ1) is 18.7. The van der Waals surface area contributed by atoms with Gasteiger partial charge in [-0.2, -0.15) is 0 Å². The van der Waals surface area contributed by atoms with Crippen molar-refractivity contribution < 1.29 is 59.5 Å². The Kier molecular flexibility index (Phi) is 13.2. The Morgan fingerprint density at radius 2 is 1.46 bits per heavy atom. The minimum atomic E-state index is -2.39. The van der Waals surface area contributed by atoms with Crippen LogP contribution in [-0.2, 0) is 23.7 Å². The topological polar surface area (TPSA) is 331 Å². The summed E-state index contributed by atoms with van der Waals surface area (Å²) in [5, 5.41) is 96.4. The van der Waals surface area contributed by atoms with E-state index in [-0.39, 0.29) is 55.2 Å². The molecule has 15 atom stereocenters. The molecule has 3 aliphatic rings. The Bertz CT molecular complexity index is 928. The van der Waals surface area contributed by atoms with Gasteiger partial charge in [-0.05, 0) is 14.0 Å². The van der Waals surface area contributed by atoms with Gasteiger partial charge in [-0.1, -0.05) is 0 Å². The number of nitrogens with one attached hydrogen (secondary N) is 5. The van der Waals surface area contributed by atoms with Gasteiger partial charge in [0.15, 0.2) is 36.4 Å². The van der Waals surface area contributed by atoms with Crippen molar-refractivity contribution in [1.82, 2.24) is 16.0 Å². The zero-order chi connectivity index (χ0) is 30.1. The fraction of sp³-hybridized carbons (Fsp3) is 0.857. The van der Waals surface area contributed by atoms with E-state index in [1.165, 1.54) is 14.0 Å². The van der Waals surface area contributed by atoms with Crippen LogP contribution in [0.2, 0.25) is 0 Å². The SMILES string of the molecule is CN[C@@H]1[C@H](O[C@H]2[C@H](O[C@H]3[C@H](O)[C@@H](O)[C@H](NC(=N)N)[C@@H](O)[C@@H]3NC(=N)N)O[C@@H](C)[C@]2(O)C=O)O[C@@H](CO)[C@H](O)[C@H]1O.[BaH2]. The minimum absolute atomic E-state index is 0. The first-order valence-corrected chi connectivity index (χ1v) is 12.4. The third-order valence-electron chi connectivity index (χ3n) is 7.46. The molecule has 0 radical (unpaired) electrons. The first kappa shape index (κ1) is 36.5. The van der Waals surface area contributed by atoms with Crippen molar-refractivity contribution in [3.8, 4) is 0 Å². The summed E-state index contributed by atoms with van der Waals surface area (Å²) in [5.41, 5.74) is 8.38. The predicted molar refractivity (Wildman–Crippen MR) is 140 cm³/mol. The second-order valence-corrected chi connectivity index (χ2v) is 9.97. The van der Waals surface area contributed by atoms with Gasteiger partial charge in [-0.25, -0.2) is 0 Å². The Labute approximate surface area is 274 Å². The quantitative estimate of drug-likeness (QED) is 0.0455. The van der Waals surface area contributed by atoms with Crippen LogP contribution in [-0.4, -0.2) is 208 Å². The number of carbonyl (C=O) groups is 1. The molecule has 2 aliphatic heterocycles. The van der Waals surface area contributed by atoms with E-state index in [1.807, 2.05) is 0 Å². The molecule has 19 nitrogen and oxygen atoms in total. The van der Waals surface area contributed by atoms with E-state index in [2.05, 4.69) is 16.0 Å². The molecule has 0 unspecified atom stereocenters. The molecule has 3 rings (SSSR count). The molecule has 1 saturated carbocycles. The van der Waals surface area contributed by atoms with Crippen LogP contribution >= 0.6 is 0 Å². The number of hydrogen-bond acceptors (Lipinski definition) is 15. The number of aliphatic hydroxyl groups is 7. The molecular weight excluding hydrogens is 680 g/mol. The van der Waals surface area contributed by atoms with E-state index in [9.17, 15) is 40.5 Å². The maximum absolute atomic E-state index is 12.1. The van der Waals surface area contributed by atoms with E-state index < -0.39 is 110 Å². The van der Waals surface area contributed by atoms with Crippen molar-refractivity contribution in [2.24, 2.45) is 11.5 Å². The number of likely N-dealkylation sites (N-methyl/N-ethyl adjacent to an activating group) is 1. The van der Waals surface area contributed by atoms with Crippen molar-refractivity contribution in [1.29, 1.82) is 10.8 Å². The van der Waals surface area contributed by atoms with Gasteiger partial charge in [0.25, 0.3) is 0 Å². The zero-order valence-electron chi connectivity index (χ0n) is 21.7. The summed E-state index contributed by atoms with van der Waals surface area (Å²) >= 11 is 0. The first-order valence-electron chi connectivity index (χ1n) is 12.4. The van der Waals surface area contributed by atoms with Crippen LogP contribution in [0.15, 0.2) is 0 Å². The van der Waals surface area contributed by atoms with Crippen LogP contribution in [0.5, 0.6) is 0 Å². The summed E-state index contributed by atoms with van der Waals surface area (Å²) in [6.45, 7) is 0.613. The summed E-state index contributed by atoms with van der Waals surface area (Å²) in [6, 6.07) is -3.95. The Morgan fingerprint density at radius 3 is 1.98 bits per heavy atom. The fourth-order valence-corrected chi connectivity index (χ4v) is 5.18. The van der Waals surface area contributed by atoms with E-state index in [0.29, 0.717) is 0 Å². The molecule has 0 aromatic rings. The molecule has 20 heteroatoms. The van der Waals surface area contributed by atoms with Crippen LogP contribution in [0.25, 0.3) is 0 Å². The second kappa shape index (κ2) is 14.9. The van der Waals surface area contributed by atoms with Crippen LogP contribution in [0, 0.1) is 10.8 Å². The number of aliphatic hydroxyl groups excluding tert-OH is 6. The van der Waals surface area contributed by atoms with Gasteiger partial charge in [-0.3, -0.25) is 15.6 Å². The predicted octanol–water partition coefficient (Wildman–Crippen LogP) is -8.66.